The van der Waals surface area contributed by atoms with Crippen LogP contribution in [-0.2, 0) is 9.53 Å². The molecule has 0 aromatic carbocycles. The first-order valence-electron chi connectivity index (χ1n) is 19.5. The molecule has 0 saturated heterocycles. The summed E-state index contributed by atoms with van der Waals surface area (Å²) in [5, 5.41) is 0. The number of unbranched alkanes of at least 4 members (excludes halogenated alkanes) is 3. The van der Waals surface area contributed by atoms with E-state index in [9.17, 15) is 4.79 Å². The zero-order chi connectivity index (χ0) is 32.3. The fourth-order valence-corrected chi connectivity index (χ4v) is 10.5. The van der Waals surface area contributed by atoms with Crippen LogP contribution in [-0.4, -0.2) is 12.1 Å². The van der Waals surface area contributed by atoms with E-state index in [-0.39, 0.29) is 12.1 Å². The summed E-state index contributed by atoms with van der Waals surface area (Å²) in [5.41, 5.74) is 2.50. The number of hydrogen-bond acceptors (Lipinski definition) is 2. The number of fused-ring (bicyclic) bond motifs is 5. The lowest BCUT2D eigenvalue weighted by atomic mass is 9.47. The summed E-state index contributed by atoms with van der Waals surface area (Å²) in [6.45, 7) is 14.8. The van der Waals surface area contributed by atoms with E-state index in [1.165, 1.54) is 57.8 Å². The monoisotopic (exact) mass is 619 g/mol. The van der Waals surface area contributed by atoms with Gasteiger partial charge in [-0.2, -0.15) is 0 Å². The largest absolute Gasteiger partial charge is 0.462 e. The predicted octanol–water partition coefficient (Wildman–Crippen LogP) is 12.7. The Hall–Kier alpha value is -1.57. The van der Waals surface area contributed by atoms with Crippen LogP contribution in [0.5, 0.6) is 0 Å². The standard InChI is InChI=1S/C43H70O2/c1-7-8-9-10-11-12-13-14-15-16-17-18-19-23-41(44)45-36-28-30-42(5)35(32-36)24-25-37-39-27-26-38(34(4)22-20-21-33(2)3)43(39,6)31-29-40(37)42/h8-9,11-12,14-15,24,33-34,36-40H,7,10,13,16-23,25-32H2,1-6H3/b9-8-,12-11-,15-14-. The third-order valence-corrected chi connectivity index (χ3v) is 13.1. The van der Waals surface area contributed by atoms with Gasteiger partial charge in [-0.25, -0.2) is 0 Å². The molecule has 3 fully saturated rings. The van der Waals surface area contributed by atoms with Crippen molar-refractivity contribution < 1.29 is 9.53 Å². The Morgan fingerprint density at radius 1 is 0.867 bits per heavy atom. The van der Waals surface area contributed by atoms with Crippen LogP contribution in [0.25, 0.3) is 0 Å². The highest BCUT2D eigenvalue weighted by Crippen LogP contribution is 2.67. The van der Waals surface area contributed by atoms with Crippen molar-refractivity contribution in [2.24, 2.45) is 46.3 Å². The molecular weight excluding hydrogens is 548 g/mol. The van der Waals surface area contributed by atoms with Crippen molar-refractivity contribution in [1.82, 2.24) is 0 Å². The first-order chi connectivity index (χ1) is 21.7. The Bertz CT molecular complexity index is 1030. The van der Waals surface area contributed by atoms with Crippen LogP contribution in [0.3, 0.4) is 0 Å². The van der Waals surface area contributed by atoms with Crippen molar-refractivity contribution >= 4 is 5.97 Å². The fourth-order valence-electron chi connectivity index (χ4n) is 10.5. The summed E-state index contributed by atoms with van der Waals surface area (Å²) in [7, 11) is 0. The molecule has 0 heterocycles. The summed E-state index contributed by atoms with van der Waals surface area (Å²) < 4.78 is 6.09. The van der Waals surface area contributed by atoms with Gasteiger partial charge in [-0.05, 0) is 130 Å². The molecule has 2 heteroatoms. The van der Waals surface area contributed by atoms with E-state index < -0.39 is 0 Å². The van der Waals surface area contributed by atoms with Gasteiger partial charge < -0.3 is 4.74 Å². The van der Waals surface area contributed by atoms with Crippen LogP contribution in [0, 0.1) is 46.3 Å². The normalized spacial score (nSPS) is 33.8. The van der Waals surface area contributed by atoms with Crippen molar-refractivity contribution in [3.8, 4) is 0 Å². The molecule has 2 nitrogen and oxygen atoms in total. The van der Waals surface area contributed by atoms with Crippen molar-refractivity contribution in [3.63, 3.8) is 0 Å². The van der Waals surface area contributed by atoms with Gasteiger partial charge in [-0.1, -0.05) is 115 Å². The zero-order valence-corrected chi connectivity index (χ0v) is 30.3. The predicted molar refractivity (Wildman–Crippen MR) is 193 cm³/mol. The first kappa shape index (κ1) is 36.3. The number of allylic oxidation sites excluding steroid dienone is 7. The number of rotatable bonds is 17. The van der Waals surface area contributed by atoms with Gasteiger partial charge in [0, 0.05) is 12.8 Å². The summed E-state index contributed by atoms with van der Waals surface area (Å²) in [5.74, 6) is 5.26. The van der Waals surface area contributed by atoms with Gasteiger partial charge in [0.05, 0.1) is 0 Å². The quantitative estimate of drug-likeness (QED) is 0.0921. The fraction of sp³-hybridized carbons (Fsp3) is 0.791. The second-order valence-electron chi connectivity index (χ2n) is 16.5. The summed E-state index contributed by atoms with van der Waals surface area (Å²) in [4.78, 5) is 12.8. The van der Waals surface area contributed by atoms with E-state index in [1.54, 1.807) is 5.57 Å². The van der Waals surface area contributed by atoms with Crippen LogP contribution in [0.2, 0.25) is 0 Å². The Kier molecular flexibility index (Phi) is 14.1. The molecular formula is C43H70O2. The van der Waals surface area contributed by atoms with E-state index in [0.717, 1.165) is 93.3 Å². The maximum atomic E-state index is 12.8. The smallest absolute Gasteiger partial charge is 0.306 e. The number of hydrogen-bond donors (Lipinski definition) is 0. The van der Waals surface area contributed by atoms with Crippen LogP contribution < -0.4 is 0 Å². The molecule has 8 atom stereocenters. The highest BCUT2D eigenvalue weighted by molar-refractivity contribution is 5.69. The molecule has 0 aliphatic heterocycles. The average molecular weight is 619 g/mol. The summed E-state index contributed by atoms with van der Waals surface area (Å²) >= 11 is 0. The molecule has 45 heavy (non-hydrogen) atoms. The van der Waals surface area contributed by atoms with Crippen molar-refractivity contribution in [2.75, 3.05) is 0 Å². The molecule has 0 bridgehead atoms. The van der Waals surface area contributed by atoms with E-state index in [0.29, 0.717) is 17.3 Å². The van der Waals surface area contributed by atoms with Crippen LogP contribution >= 0.6 is 0 Å². The molecule has 8 unspecified atom stereocenters. The van der Waals surface area contributed by atoms with Gasteiger partial charge in [0.25, 0.3) is 0 Å². The molecule has 4 aliphatic rings. The maximum Gasteiger partial charge on any atom is 0.306 e. The van der Waals surface area contributed by atoms with Gasteiger partial charge in [0.2, 0.25) is 0 Å². The second kappa shape index (κ2) is 17.5. The minimum atomic E-state index is 0.0311. The SMILES string of the molecule is CC/C=C\C/C=C\C/C=C\CCCCCC(=O)OC1CCC2(C)C(=CCC3C2CCC2(C)C(C(C)CCCC(C)C)CCC32)C1. The molecule has 0 N–H and O–H groups in total. The highest BCUT2D eigenvalue weighted by atomic mass is 16.5. The molecule has 3 saturated carbocycles. The molecule has 0 aromatic rings. The Morgan fingerprint density at radius 2 is 1.62 bits per heavy atom. The van der Waals surface area contributed by atoms with Gasteiger partial charge in [-0.15, -0.1) is 0 Å². The highest BCUT2D eigenvalue weighted by Gasteiger charge is 2.59. The van der Waals surface area contributed by atoms with Gasteiger partial charge in [-0.3, -0.25) is 4.79 Å². The molecule has 0 amide bonds. The molecule has 4 aliphatic carbocycles. The van der Waals surface area contributed by atoms with Crippen molar-refractivity contribution in [3.05, 3.63) is 48.1 Å². The van der Waals surface area contributed by atoms with Crippen molar-refractivity contribution in [2.45, 2.75) is 170 Å². The minimum absolute atomic E-state index is 0.0311. The van der Waals surface area contributed by atoms with E-state index in [1.807, 2.05) is 0 Å². The second-order valence-corrected chi connectivity index (χ2v) is 16.5. The Morgan fingerprint density at radius 3 is 2.38 bits per heavy atom. The van der Waals surface area contributed by atoms with E-state index >= 15 is 0 Å². The van der Waals surface area contributed by atoms with E-state index in [4.69, 9.17) is 4.74 Å². The molecule has 0 aromatic heterocycles. The number of esters is 1. The minimum Gasteiger partial charge on any atom is -0.462 e. The topological polar surface area (TPSA) is 26.3 Å². The first-order valence-corrected chi connectivity index (χ1v) is 19.5. The van der Waals surface area contributed by atoms with E-state index in [2.05, 4.69) is 84.1 Å². The van der Waals surface area contributed by atoms with Crippen LogP contribution in [0.4, 0.5) is 0 Å². The maximum absolute atomic E-state index is 12.8. The average Bonchev–Trinajstić information content (AvgIpc) is 3.37. The third kappa shape index (κ3) is 9.50. The molecule has 4 rings (SSSR count). The lowest BCUT2D eigenvalue weighted by molar-refractivity contribution is -0.151. The van der Waals surface area contributed by atoms with Crippen molar-refractivity contribution in [1.29, 1.82) is 0 Å². The molecule has 0 spiro atoms. The van der Waals surface area contributed by atoms with Gasteiger partial charge in [0.15, 0.2) is 0 Å². The van der Waals surface area contributed by atoms with Gasteiger partial charge >= 0.3 is 5.97 Å². The third-order valence-electron chi connectivity index (χ3n) is 13.1. The number of carbonyl (C=O) groups is 1. The lowest BCUT2D eigenvalue weighted by Crippen LogP contribution is -2.51. The Labute approximate surface area is 279 Å². The summed E-state index contributed by atoms with van der Waals surface area (Å²) in [6, 6.07) is 0. The lowest BCUT2D eigenvalue weighted by Gasteiger charge is -2.58. The Balaban J connectivity index is 1.18. The molecule has 0 radical (unpaired) electrons. The number of carbonyl (C=O) groups excluding carboxylic acids is 1. The van der Waals surface area contributed by atoms with Gasteiger partial charge in [0.1, 0.15) is 6.10 Å². The number of ether oxygens (including phenoxy) is 1. The zero-order valence-electron chi connectivity index (χ0n) is 30.3. The molecule has 254 valence electrons. The van der Waals surface area contributed by atoms with Crippen LogP contribution in [0.15, 0.2) is 48.1 Å². The van der Waals surface area contributed by atoms with Crippen LogP contribution in [0.1, 0.15) is 164 Å². The summed E-state index contributed by atoms with van der Waals surface area (Å²) in [6.07, 6.45) is 38.8.